The maximum Gasteiger partial charge on any atom is 0.257 e. The third-order valence-corrected chi connectivity index (χ3v) is 4.40. The van der Waals surface area contributed by atoms with Crippen molar-refractivity contribution in [3.63, 3.8) is 0 Å². The second-order valence-corrected chi connectivity index (χ2v) is 6.24. The Morgan fingerprint density at radius 2 is 1.88 bits per heavy atom. The summed E-state index contributed by atoms with van der Waals surface area (Å²) in [6.45, 7) is 0.540. The Kier molecular flexibility index (Phi) is 7.67. The molecule has 0 bridgehead atoms. The summed E-state index contributed by atoms with van der Waals surface area (Å²) in [5, 5.41) is 11.9. The summed E-state index contributed by atoms with van der Waals surface area (Å²) in [5.41, 5.74) is 1.72. The van der Waals surface area contributed by atoms with Crippen molar-refractivity contribution >= 4 is 17.7 Å². The number of carbonyl (C=O) groups is 1. The van der Waals surface area contributed by atoms with Crippen molar-refractivity contribution in [2.75, 3.05) is 26.0 Å². The normalized spacial score (nSPS) is 9.92. The number of nitriles is 1. The van der Waals surface area contributed by atoms with Gasteiger partial charge in [-0.25, -0.2) is 0 Å². The molecular formula is C19H20N2O3S. The van der Waals surface area contributed by atoms with Crippen LogP contribution >= 0.6 is 11.8 Å². The lowest BCUT2D eigenvalue weighted by molar-refractivity contribution is -0.122. The van der Waals surface area contributed by atoms with Crippen LogP contribution in [0.15, 0.2) is 48.5 Å². The molecular weight excluding hydrogens is 336 g/mol. The number of nitrogens with one attached hydrogen (secondary N) is 1. The summed E-state index contributed by atoms with van der Waals surface area (Å²) in [6.07, 6.45) is 0. The molecule has 0 radical (unpaired) electrons. The highest BCUT2D eigenvalue weighted by atomic mass is 32.2. The van der Waals surface area contributed by atoms with Crippen molar-refractivity contribution in [2.45, 2.75) is 5.75 Å². The van der Waals surface area contributed by atoms with E-state index in [1.807, 2.05) is 24.3 Å². The van der Waals surface area contributed by atoms with Crippen molar-refractivity contribution in [1.29, 1.82) is 5.26 Å². The minimum absolute atomic E-state index is 0.0196. The van der Waals surface area contributed by atoms with Crippen LogP contribution in [-0.4, -0.2) is 31.9 Å². The molecule has 0 saturated carbocycles. The highest BCUT2D eigenvalue weighted by Crippen LogP contribution is 2.17. The number of nitrogens with zero attached hydrogens (tertiary/aromatic N) is 1. The highest BCUT2D eigenvalue weighted by molar-refractivity contribution is 7.98. The number of rotatable bonds is 9. The fourth-order valence-electron chi connectivity index (χ4n) is 2.07. The largest absolute Gasteiger partial charge is 0.497 e. The second kappa shape index (κ2) is 10.3. The van der Waals surface area contributed by atoms with Gasteiger partial charge in [-0.05, 0) is 35.9 Å². The fraction of sp³-hybridized carbons (Fsp3) is 0.263. The summed E-state index contributed by atoms with van der Waals surface area (Å²) in [5.74, 6) is 2.73. The second-order valence-electron chi connectivity index (χ2n) is 5.14. The lowest BCUT2D eigenvalue weighted by Crippen LogP contribution is -2.30. The molecule has 1 amide bonds. The molecule has 6 heteroatoms. The van der Waals surface area contributed by atoms with Gasteiger partial charge in [0.25, 0.3) is 5.91 Å². The number of amides is 1. The van der Waals surface area contributed by atoms with Crippen LogP contribution in [0.3, 0.4) is 0 Å². The smallest absolute Gasteiger partial charge is 0.257 e. The molecule has 2 aromatic rings. The number of benzene rings is 2. The Balaban J connectivity index is 1.61. The molecule has 0 heterocycles. The predicted octanol–water partition coefficient (Wildman–Crippen LogP) is 3.00. The van der Waals surface area contributed by atoms with Crippen LogP contribution < -0.4 is 14.8 Å². The molecule has 0 spiro atoms. The highest BCUT2D eigenvalue weighted by Gasteiger charge is 2.04. The van der Waals surface area contributed by atoms with Gasteiger partial charge < -0.3 is 14.8 Å². The molecule has 0 atom stereocenters. The lowest BCUT2D eigenvalue weighted by atomic mass is 10.1. The minimum Gasteiger partial charge on any atom is -0.497 e. The van der Waals surface area contributed by atoms with Gasteiger partial charge in [0, 0.05) is 18.1 Å². The van der Waals surface area contributed by atoms with E-state index >= 15 is 0 Å². The van der Waals surface area contributed by atoms with Crippen LogP contribution in [0, 0.1) is 11.3 Å². The van der Waals surface area contributed by atoms with Crippen molar-refractivity contribution < 1.29 is 14.3 Å². The van der Waals surface area contributed by atoms with Gasteiger partial charge in [0.2, 0.25) is 0 Å². The topological polar surface area (TPSA) is 71.3 Å². The van der Waals surface area contributed by atoms with Crippen LogP contribution in [0.4, 0.5) is 0 Å². The average Bonchev–Trinajstić information content (AvgIpc) is 2.66. The van der Waals surface area contributed by atoms with E-state index in [0.717, 1.165) is 22.8 Å². The van der Waals surface area contributed by atoms with Gasteiger partial charge >= 0.3 is 0 Å². The van der Waals surface area contributed by atoms with Gasteiger partial charge in [-0.15, -0.1) is 0 Å². The Labute approximate surface area is 151 Å². The van der Waals surface area contributed by atoms with Gasteiger partial charge in [-0.3, -0.25) is 4.79 Å². The van der Waals surface area contributed by atoms with Crippen molar-refractivity contribution in [2.24, 2.45) is 0 Å². The van der Waals surface area contributed by atoms with Crippen LogP contribution in [0.2, 0.25) is 0 Å². The van der Waals surface area contributed by atoms with Crippen molar-refractivity contribution in [3.05, 3.63) is 59.7 Å². The maximum atomic E-state index is 11.8. The number of hydrogen-bond donors (Lipinski definition) is 1. The maximum absolute atomic E-state index is 11.8. The summed E-state index contributed by atoms with van der Waals surface area (Å²) >= 11 is 1.68. The molecule has 0 fully saturated rings. The van der Waals surface area contributed by atoms with Crippen LogP contribution in [0.1, 0.15) is 11.1 Å². The first kappa shape index (κ1) is 18.7. The quantitative estimate of drug-likeness (QED) is 0.700. The number of methoxy groups -OCH3 is 1. The van der Waals surface area contributed by atoms with E-state index in [1.54, 1.807) is 43.1 Å². The molecule has 0 aliphatic rings. The molecule has 25 heavy (non-hydrogen) atoms. The molecule has 0 aliphatic heterocycles. The van der Waals surface area contributed by atoms with E-state index in [-0.39, 0.29) is 12.5 Å². The number of carbonyl (C=O) groups excluding carboxylic acids is 1. The third-order valence-electron chi connectivity index (χ3n) is 3.39. The standard InChI is InChI=1S/C19H20N2O3S/c1-23-17-6-8-18(9-7-17)24-13-19(22)21-10-11-25-14-16-5-3-2-4-15(16)12-20/h2-9H,10-11,13-14H2,1H3,(H,21,22). The molecule has 5 nitrogen and oxygen atoms in total. The van der Waals surface area contributed by atoms with E-state index in [4.69, 9.17) is 14.7 Å². The molecule has 2 aromatic carbocycles. The Bertz CT molecular complexity index is 726. The van der Waals surface area contributed by atoms with Crippen LogP contribution in [0.25, 0.3) is 0 Å². The van der Waals surface area contributed by atoms with Gasteiger partial charge in [0.15, 0.2) is 6.61 Å². The number of thioether (sulfide) groups is 1. The van der Waals surface area contributed by atoms with E-state index in [0.29, 0.717) is 17.9 Å². The Morgan fingerprint density at radius 1 is 1.16 bits per heavy atom. The number of hydrogen-bond acceptors (Lipinski definition) is 5. The molecule has 0 saturated heterocycles. The van der Waals surface area contributed by atoms with Crippen LogP contribution in [-0.2, 0) is 10.5 Å². The first-order chi connectivity index (χ1) is 12.2. The molecule has 130 valence electrons. The third kappa shape index (κ3) is 6.40. The monoisotopic (exact) mass is 356 g/mol. The van der Waals surface area contributed by atoms with E-state index in [2.05, 4.69) is 11.4 Å². The zero-order valence-electron chi connectivity index (χ0n) is 14.0. The predicted molar refractivity (Wildman–Crippen MR) is 98.8 cm³/mol. The van der Waals surface area contributed by atoms with E-state index < -0.39 is 0 Å². The zero-order valence-corrected chi connectivity index (χ0v) is 14.8. The first-order valence-corrected chi connectivity index (χ1v) is 8.97. The zero-order chi connectivity index (χ0) is 17.9. The van der Waals surface area contributed by atoms with E-state index in [9.17, 15) is 4.79 Å². The lowest BCUT2D eigenvalue weighted by Gasteiger charge is -2.08. The Morgan fingerprint density at radius 3 is 2.60 bits per heavy atom. The summed E-state index contributed by atoms with van der Waals surface area (Å²) < 4.78 is 10.5. The van der Waals surface area contributed by atoms with E-state index in [1.165, 1.54) is 0 Å². The average molecular weight is 356 g/mol. The first-order valence-electron chi connectivity index (χ1n) is 7.82. The molecule has 0 aromatic heterocycles. The van der Waals surface area contributed by atoms with Crippen LogP contribution in [0.5, 0.6) is 11.5 Å². The fourth-order valence-corrected chi connectivity index (χ4v) is 2.93. The van der Waals surface area contributed by atoms with Gasteiger partial charge in [-0.1, -0.05) is 18.2 Å². The minimum atomic E-state index is -0.158. The Hall–Kier alpha value is -2.65. The molecule has 2 rings (SSSR count). The van der Waals surface area contributed by atoms with Gasteiger partial charge in [0.05, 0.1) is 18.7 Å². The van der Waals surface area contributed by atoms with Gasteiger partial charge in [0.1, 0.15) is 11.5 Å². The van der Waals surface area contributed by atoms with Gasteiger partial charge in [-0.2, -0.15) is 17.0 Å². The summed E-state index contributed by atoms with van der Waals surface area (Å²) in [7, 11) is 1.60. The summed E-state index contributed by atoms with van der Waals surface area (Å²) in [6, 6.07) is 16.8. The molecule has 1 N–H and O–H groups in total. The number of ether oxygens (including phenoxy) is 2. The molecule has 0 unspecified atom stereocenters. The molecule has 0 aliphatic carbocycles. The van der Waals surface area contributed by atoms with Crippen molar-refractivity contribution in [3.8, 4) is 17.6 Å². The summed E-state index contributed by atoms with van der Waals surface area (Å²) in [4.78, 5) is 11.8. The SMILES string of the molecule is COc1ccc(OCC(=O)NCCSCc2ccccc2C#N)cc1. The van der Waals surface area contributed by atoms with Crippen molar-refractivity contribution in [1.82, 2.24) is 5.32 Å².